The number of benzene rings is 1. The molecule has 1 heterocycles. The second kappa shape index (κ2) is 8.04. The van der Waals surface area contributed by atoms with E-state index in [1.165, 1.54) is 0 Å². The van der Waals surface area contributed by atoms with Gasteiger partial charge in [0.1, 0.15) is 4.90 Å². The third-order valence-corrected chi connectivity index (χ3v) is 7.27. The minimum atomic E-state index is -3.63. The highest BCUT2D eigenvalue weighted by molar-refractivity contribution is 9.11. The van der Waals surface area contributed by atoms with Gasteiger partial charge in [0.05, 0.1) is 12.7 Å². The molecular formula is C13H16Br3NO4S. The molecule has 5 nitrogen and oxygen atoms in total. The van der Waals surface area contributed by atoms with Gasteiger partial charge in [-0.05, 0) is 50.4 Å². The van der Waals surface area contributed by atoms with Gasteiger partial charge in [-0.2, -0.15) is 0 Å². The zero-order valence-electron chi connectivity index (χ0n) is 11.8. The number of hydrogen-bond acceptors (Lipinski definition) is 4. The summed E-state index contributed by atoms with van der Waals surface area (Å²) in [4.78, 5) is 0.191. The number of nitrogens with one attached hydrogen (secondary N) is 1. The van der Waals surface area contributed by atoms with Crippen molar-refractivity contribution in [3.05, 3.63) is 25.6 Å². The van der Waals surface area contributed by atoms with Crippen LogP contribution in [0, 0.1) is 5.92 Å². The van der Waals surface area contributed by atoms with E-state index < -0.39 is 10.0 Å². The van der Waals surface area contributed by atoms with Gasteiger partial charge in [-0.3, -0.25) is 0 Å². The van der Waals surface area contributed by atoms with Crippen LogP contribution in [0.1, 0.15) is 6.42 Å². The van der Waals surface area contributed by atoms with E-state index in [2.05, 4.69) is 52.5 Å². The lowest BCUT2D eigenvalue weighted by Crippen LogP contribution is -2.41. The van der Waals surface area contributed by atoms with Gasteiger partial charge in [0, 0.05) is 39.6 Å². The molecule has 0 bridgehead atoms. The topological polar surface area (TPSA) is 64.6 Å². The zero-order chi connectivity index (χ0) is 16.3. The summed E-state index contributed by atoms with van der Waals surface area (Å²) in [5.41, 5.74) is 0. The quantitative estimate of drug-likeness (QED) is 0.646. The van der Waals surface area contributed by atoms with Crippen LogP contribution in [0.4, 0.5) is 0 Å². The van der Waals surface area contributed by atoms with Gasteiger partial charge in [-0.15, -0.1) is 0 Å². The number of sulfonamides is 1. The smallest absolute Gasteiger partial charge is 0.242 e. The molecule has 0 spiro atoms. The van der Waals surface area contributed by atoms with E-state index in [1.54, 1.807) is 19.2 Å². The fraction of sp³-hybridized carbons (Fsp3) is 0.538. The highest BCUT2D eigenvalue weighted by Crippen LogP contribution is 2.33. The van der Waals surface area contributed by atoms with Gasteiger partial charge in [0.2, 0.25) is 10.0 Å². The van der Waals surface area contributed by atoms with E-state index in [0.717, 1.165) is 10.9 Å². The average molecular weight is 522 g/mol. The lowest BCUT2D eigenvalue weighted by molar-refractivity contribution is -0.0633. The Morgan fingerprint density at radius 2 is 1.95 bits per heavy atom. The number of halogens is 3. The summed E-state index contributed by atoms with van der Waals surface area (Å²) in [6.45, 7) is 1.44. The Morgan fingerprint density at radius 3 is 2.55 bits per heavy atom. The third-order valence-electron chi connectivity index (χ3n) is 3.51. The van der Waals surface area contributed by atoms with E-state index >= 15 is 0 Å². The summed E-state index contributed by atoms with van der Waals surface area (Å²) in [6.07, 6.45) is 0.678. The van der Waals surface area contributed by atoms with Crippen LogP contribution >= 0.6 is 47.8 Å². The van der Waals surface area contributed by atoms with Crippen molar-refractivity contribution in [3.8, 4) is 0 Å². The van der Waals surface area contributed by atoms with Gasteiger partial charge in [-0.1, -0.05) is 15.9 Å². The van der Waals surface area contributed by atoms with Crippen LogP contribution in [0.3, 0.4) is 0 Å². The highest BCUT2D eigenvalue weighted by atomic mass is 79.9. The van der Waals surface area contributed by atoms with Gasteiger partial charge in [0.15, 0.2) is 0 Å². The first kappa shape index (κ1) is 18.8. The normalized spacial score (nSPS) is 22.7. The molecule has 1 saturated heterocycles. The molecule has 1 aromatic carbocycles. The minimum Gasteiger partial charge on any atom is -0.379 e. The second-order valence-electron chi connectivity index (χ2n) is 4.95. The number of ether oxygens (including phenoxy) is 2. The van der Waals surface area contributed by atoms with Crippen LogP contribution in [0.15, 0.2) is 30.4 Å². The maximum atomic E-state index is 12.6. The van der Waals surface area contributed by atoms with Crippen molar-refractivity contribution in [1.82, 2.24) is 4.72 Å². The van der Waals surface area contributed by atoms with E-state index in [1.807, 2.05) is 0 Å². The molecule has 22 heavy (non-hydrogen) atoms. The van der Waals surface area contributed by atoms with Crippen molar-refractivity contribution in [2.75, 3.05) is 26.9 Å². The molecule has 1 aliphatic heterocycles. The predicted octanol–water partition coefficient (Wildman–Crippen LogP) is 3.30. The summed E-state index contributed by atoms with van der Waals surface area (Å²) in [5.74, 6) is 0.0986. The fourth-order valence-corrected chi connectivity index (χ4v) is 7.07. The molecule has 0 aromatic heterocycles. The Kier molecular flexibility index (Phi) is 6.88. The second-order valence-corrected chi connectivity index (χ2v) is 9.28. The first-order chi connectivity index (χ1) is 10.3. The molecular weight excluding hydrogens is 506 g/mol. The molecule has 2 atom stereocenters. The Labute approximate surface area is 155 Å². The Morgan fingerprint density at radius 1 is 1.32 bits per heavy atom. The monoisotopic (exact) mass is 519 g/mol. The van der Waals surface area contributed by atoms with Crippen LogP contribution in [-0.2, 0) is 19.5 Å². The number of methoxy groups -OCH3 is 1. The minimum absolute atomic E-state index is 0.0896. The largest absolute Gasteiger partial charge is 0.379 e. The number of hydrogen-bond donors (Lipinski definition) is 1. The van der Waals surface area contributed by atoms with Crippen molar-refractivity contribution >= 4 is 57.8 Å². The standard InChI is InChI=1S/C13H16Br3NO4S/c1-20-12-7-21-3-2-8(12)6-17-22(18,19)13-10(15)4-9(14)5-11(13)16/h4-5,8,12,17H,2-3,6-7H2,1H3. The molecule has 1 aromatic rings. The molecule has 2 unspecified atom stereocenters. The SMILES string of the molecule is COC1COCCC1CNS(=O)(=O)c1c(Br)cc(Br)cc1Br. The Balaban J connectivity index is 2.15. The summed E-state index contributed by atoms with van der Waals surface area (Å²) >= 11 is 9.93. The maximum Gasteiger partial charge on any atom is 0.242 e. The lowest BCUT2D eigenvalue weighted by atomic mass is 9.98. The van der Waals surface area contributed by atoms with E-state index in [0.29, 0.717) is 28.7 Å². The molecule has 124 valence electrons. The summed E-state index contributed by atoms with van der Waals surface area (Å²) < 4.78 is 40.3. The third kappa shape index (κ3) is 4.52. The molecule has 1 fully saturated rings. The van der Waals surface area contributed by atoms with Crippen molar-refractivity contribution in [1.29, 1.82) is 0 Å². The van der Waals surface area contributed by atoms with Crippen LogP contribution in [0.2, 0.25) is 0 Å². The zero-order valence-corrected chi connectivity index (χ0v) is 17.4. The van der Waals surface area contributed by atoms with E-state index in [9.17, 15) is 8.42 Å². The van der Waals surface area contributed by atoms with Gasteiger partial charge in [0.25, 0.3) is 0 Å². The molecule has 1 N–H and O–H groups in total. The van der Waals surface area contributed by atoms with Gasteiger partial charge in [-0.25, -0.2) is 13.1 Å². The Hall–Kier alpha value is 0.490. The fourth-order valence-electron chi connectivity index (χ4n) is 2.32. The average Bonchev–Trinajstić information content (AvgIpc) is 2.44. The molecule has 0 radical (unpaired) electrons. The summed E-state index contributed by atoms with van der Waals surface area (Å²) in [7, 11) is -2.02. The first-order valence-corrected chi connectivity index (χ1v) is 10.5. The number of rotatable bonds is 5. The summed E-state index contributed by atoms with van der Waals surface area (Å²) in [5, 5.41) is 0. The molecule has 1 aliphatic rings. The lowest BCUT2D eigenvalue weighted by Gasteiger charge is -2.30. The van der Waals surface area contributed by atoms with Crippen LogP contribution < -0.4 is 4.72 Å². The Bertz CT molecular complexity index is 615. The van der Waals surface area contributed by atoms with Crippen LogP contribution in [-0.4, -0.2) is 41.4 Å². The van der Waals surface area contributed by atoms with Crippen molar-refractivity contribution < 1.29 is 17.9 Å². The molecule has 0 aliphatic carbocycles. The van der Waals surface area contributed by atoms with Crippen LogP contribution in [0.5, 0.6) is 0 Å². The van der Waals surface area contributed by atoms with Gasteiger partial charge < -0.3 is 9.47 Å². The highest BCUT2D eigenvalue weighted by Gasteiger charge is 2.28. The van der Waals surface area contributed by atoms with E-state index in [4.69, 9.17) is 9.47 Å². The molecule has 9 heteroatoms. The molecule has 2 rings (SSSR count). The maximum absolute atomic E-state index is 12.6. The summed E-state index contributed by atoms with van der Waals surface area (Å²) in [6, 6.07) is 3.40. The van der Waals surface area contributed by atoms with Gasteiger partial charge >= 0.3 is 0 Å². The first-order valence-electron chi connectivity index (χ1n) is 6.60. The van der Waals surface area contributed by atoms with Crippen molar-refractivity contribution in [2.45, 2.75) is 17.4 Å². The molecule has 0 saturated carbocycles. The van der Waals surface area contributed by atoms with Crippen molar-refractivity contribution in [2.24, 2.45) is 5.92 Å². The van der Waals surface area contributed by atoms with Crippen LogP contribution in [0.25, 0.3) is 0 Å². The predicted molar refractivity (Wildman–Crippen MR) is 94.5 cm³/mol. The van der Waals surface area contributed by atoms with Crippen molar-refractivity contribution in [3.63, 3.8) is 0 Å². The molecule has 0 amide bonds. The van der Waals surface area contributed by atoms with E-state index in [-0.39, 0.29) is 16.9 Å².